The summed E-state index contributed by atoms with van der Waals surface area (Å²) in [4.78, 5) is 18.0. The highest BCUT2D eigenvalue weighted by molar-refractivity contribution is 6.00. The SMILES string of the molecule is CN1CCCC2(COc3nc(N4CCOCC(C)(O)C4)c4cnc(-c5cc(O)cc6cccc(F)c56)c(F)c4n3)CCCC12. The molecule has 0 radical (unpaired) electrons. The van der Waals surface area contributed by atoms with Crippen LogP contribution >= 0.6 is 0 Å². The summed E-state index contributed by atoms with van der Waals surface area (Å²) in [5, 5.41) is 22.3. The molecule has 3 unspecified atom stereocenters. The van der Waals surface area contributed by atoms with Crippen LogP contribution in [0.5, 0.6) is 11.8 Å². The molecule has 2 aliphatic heterocycles. The first-order chi connectivity index (χ1) is 21.1. The van der Waals surface area contributed by atoms with Gasteiger partial charge in [0.25, 0.3) is 0 Å². The number of aromatic hydroxyl groups is 1. The molecule has 4 aromatic rings. The highest BCUT2D eigenvalue weighted by Gasteiger charge is 2.47. The lowest BCUT2D eigenvalue weighted by Gasteiger charge is -2.44. The Morgan fingerprint density at radius 1 is 1.14 bits per heavy atom. The van der Waals surface area contributed by atoms with Crippen LogP contribution in [0.1, 0.15) is 39.0 Å². The number of piperidine rings is 1. The van der Waals surface area contributed by atoms with Crippen molar-refractivity contribution in [1.29, 1.82) is 0 Å². The van der Waals surface area contributed by atoms with Crippen molar-refractivity contribution in [1.82, 2.24) is 19.9 Å². The van der Waals surface area contributed by atoms with Crippen LogP contribution in [0.15, 0.2) is 36.5 Å². The molecule has 2 N–H and O–H groups in total. The third kappa shape index (κ3) is 5.10. The van der Waals surface area contributed by atoms with Crippen molar-refractivity contribution in [2.75, 3.05) is 51.4 Å². The average molecular weight is 606 g/mol. The average Bonchev–Trinajstić information content (AvgIpc) is 3.34. The minimum Gasteiger partial charge on any atom is -0.508 e. The first kappa shape index (κ1) is 29.1. The van der Waals surface area contributed by atoms with Crippen LogP contribution in [0.3, 0.4) is 0 Å². The molecule has 2 aromatic carbocycles. The third-order valence-electron chi connectivity index (χ3n) is 9.62. The molecule has 232 valence electrons. The summed E-state index contributed by atoms with van der Waals surface area (Å²) in [6.07, 6.45) is 6.89. The molecule has 2 aromatic heterocycles. The summed E-state index contributed by atoms with van der Waals surface area (Å²) >= 11 is 0. The van der Waals surface area contributed by atoms with Crippen LogP contribution in [-0.4, -0.2) is 88.2 Å². The van der Waals surface area contributed by atoms with Crippen LogP contribution in [0.2, 0.25) is 0 Å². The molecule has 3 atom stereocenters. The zero-order chi connectivity index (χ0) is 30.6. The predicted octanol–water partition coefficient (Wildman–Crippen LogP) is 5.06. The molecule has 1 saturated carbocycles. The number of benzene rings is 2. The van der Waals surface area contributed by atoms with Gasteiger partial charge in [-0.1, -0.05) is 18.6 Å². The summed E-state index contributed by atoms with van der Waals surface area (Å²) in [5.74, 6) is -1.09. The number of aromatic nitrogens is 3. The standard InChI is InChI=1S/C33H37F2N5O4/c1-32(42)17-40(12-13-43-18-32)30-23-16-36-28(22-15-21(41)14-20-6-3-7-24(34)26(20)22)27(35)29(23)37-31(38-30)44-19-33-9-4-8-25(33)39(2)11-5-10-33/h3,6-7,14-16,25,41-42H,4-5,8-13,17-19H2,1-2H3. The number of phenolic OH excluding ortho intramolecular Hbond substituents is 1. The highest BCUT2D eigenvalue weighted by Crippen LogP contribution is 2.47. The maximum absolute atomic E-state index is 16.7. The van der Waals surface area contributed by atoms with Crippen molar-refractivity contribution in [3.8, 4) is 23.0 Å². The highest BCUT2D eigenvalue weighted by atomic mass is 19.1. The van der Waals surface area contributed by atoms with Crippen LogP contribution in [0.4, 0.5) is 14.6 Å². The van der Waals surface area contributed by atoms with Crippen molar-refractivity contribution in [3.05, 3.63) is 48.2 Å². The first-order valence-electron chi connectivity index (χ1n) is 15.3. The molecule has 3 aliphatic rings. The molecule has 0 amide bonds. The van der Waals surface area contributed by atoms with Crippen LogP contribution < -0.4 is 9.64 Å². The summed E-state index contributed by atoms with van der Waals surface area (Å²) in [6.45, 7) is 4.26. The molecule has 1 aliphatic carbocycles. The number of aliphatic hydroxyl groups is 1. The third-order valence-corrected chi connectivity index (χ3v) is 9.62. The maximum Gasteiger partial charge on any atom is 0.319 e. The van der Waals surface area contributed by atoms with Crippen molar-refractivity contribution >= 4 is 27.5 Å². The lowest BCUT2D eigenvalue weighted by atomic mass is 9.76. The van der Waals surface area contributed by atoms with Crippen LogP contribution in [0.25, 0.3) is 32.9 Å². The number of hydrogen-bond donors (Lipinski definition) is 2. The van der Waals surface area contributed by atoms with E-state index in [0.29, 0.717) is 42.4 Å². The summed E-state index contributed by atoms with van der Waals surface area (Å²) in [5.41, 5.74) is -1.25. The van der Waals surface area contributed by atoms with Gasteiger partial charge in [0, 0.05) is 35.1 Å². The molecule has 9 nitrogen and oxygen atoms in total. The molecular weight excluding hydrogens is 568 g/mol. The molecule has 44 heavy (non-hydrogen) atoms. The topological polar surface area (TPSA) is 104 Å². The largest absolute Gasteiger partial charge is 0.508 e. The number of phenols is 1. The van der Waals surface area contributed by atoms with Crippen molar-refractivity contribution in [3.63, 3.8) is 0 Å². The van der Waals surface area contributed by atoms with E-state index in [4.69, 9.17) is 14.5 Å². The van der Waals surface area contributed by atoms with Crippen molar-refractivity contribution in [2.45, 2.75) is 50.7 Å². The quantitative estimate of drug-likeness (QED) is 0.323. The number of halogens is 2. The Morgan fingerprint density at radius 2 is 1.98 bits per heavy atom. The Bertz CT molecular complexity index is 1740. The van der Waals surface area contributed by atoms with E-state index in [2.05, 4.69) is 21.9 Å². The van der Waals surface area contributed by atoms with Crippen molar-refractivity contribution < 1.29 is 28.5 Å². The smallest absolute Gasteiger partial charge is 0.319 e. The van der Waals surface area contributed by atoms with Crippen LogP contribution in [0, 0.1) is 17.0 Å². The van der Waals surface area contributed by atoms with E-state index < -0.39 is 17.2 Å². The van der Waals surface area contributed by atoms with Gasteiger partial charge in [0.15, 0.2) is 5.82 Å². The summed E-state index contributed by atoms with van der Waals surface area (Å²) < 4.78 is 43.7. The monoisotopic (exact) mass is 605 g/mol. The molecule has 3 fully saturated rings. The van der Waals surface area contributed by atoms with E-state index >= 15 is 8.78 Å². The molecular formula is C33H37F2N5O4. The lowest BCUT2D eigenvalue weighted by molar-refractivity contribution is -0.0123. The number of hydrogen-bond acceptors (Lipinski definition) is 9. The van der Waals surface area contributed by atoms with E-state index in [1.165, 1.54) is 30.5 Å². The number of anilines is 1. The van der Waals surface area contributed by atoms with Gasteiger partial charge >= 0.3 is 6.01 Å². The predicted molar refractivity (Wildman–Crippen MR) is 163 cm³/mol. The van der Waals surface area contributed by atoms with Gasteiger partial charge in [-0.3, -0.25) is 4.98 Å². The molecule has 0 spiro atoms. The normalized spacial score (nSPS) is 26.2. The van der Waals surface area contributed by atoms with E-state index in [-0.39, 0.29) is 52.5 Å². The number of pyridine rings is 1. The Morgan fingerprint density at radius 3 is 2.84 bits per heavy atom. The van der Waals surface area contributed by atoms with Gasteiger partial charge in [0.1, 0.15) is 34.2 Å². The molecule has 2 saturated heterocycles. The summed E-state index contributed by atoms with van der Waals surface area (Å²) in [7, 11) is 2.17. The zero-order valence-electron chi connectivity index (χ0n) is 25.0. The van der Waals surface area contributed by atoms with Gasteiger partial charge in [-0.25, -0.2) is 8.78 Å². The minimum absolute atomic E-state index is 0.0223. The Balaban J connectivity index is 1.36. The van der Waals surface area contributed by atoms with E-state index in [1.807, 2.05) is 4.90 Å². The number of ether oxygens (including phenoxy) is 2. The number of rotatable bonds is 5. The lowest BCUT2D eigenvalue weighted by Crippen LogP contribution is -2.50. The van der Waals surface area contributed by atoms with Gasteiger partial charge in [0.2, 0.25) is 0 Å². The van der Waals surface area contributed by atoms with Crippen LogP contribution in [-0.2, 0) is 4.74 Å². The second-order valence-corrected chi connectivity index (χ2v) is 13.0. The molecule has 11 heteroatoms. The fourth-order valence-electron chi connectivity index (χ4n) is 7.64. The van der Waals surface area contributed by atoms with Gasteiger partial charge in [0.05, 0.1) is 31.8 Å². The number of nitrogens with zero attached hydrogens (tertiary/aromatic N) is 5. The second kappa shape index (κ2) is 11.0. The summed E-state index contributed by atoms with van der Waals surface area (Å²) in [6, 6.07) is 7.66. The number of β-amino-alcohol motifs (C(OH)–C–C–N with tert-alkyl or cyclic N) is 1. The second-order valence-electron chi connectivity index (χ2n) is 13.0. The minimum atomic E-state index is -1.17. The Kier molecular flexibility index (Phi) is 7.30. The van der Waals surface area contributed by atoms with Gasteiger partial charge in [-0.15, -0.1) is 0 Å². The Hall–Kier alpha value is -3.67. The van der Waals surface area contributed by atoms with E-state index in [0.717, 1.165) is 38.6 Å². The number of likely N-dealkylation sites (tertiary alicyclic amines) is 1. The van der Waals surface area contributed by atoms with E-state index in [1.54, 1.807) is 13.0 Å². The van der Waals surface area contributed by atoms with Gasteiger partial charge in [-0.2, -0.15) is 9.97 Å². The molecule has 0 bridgehead atoms. The van der Waals surface area contributed by atoms with E-state index in [9.17, 15) is 10.2 Å². The molecule has 7 rings (SSSR count). The zero-order valence-corrected chi connectivity index (χ0v) is 25.0. The van der Waals surface area contributed by atoms with Crippen molar-refractivity contribution in [2.24, 2.45) is 5.41 Å². The Labute approximate surface area is 254 Å². The maximum atomic E-state index is 16.7. The van der Waals surface area contributed by atoms with Gasteiger partial charge < -0.3 is 29.5 Å². The molecule has 4 heterocycles. The van der Waals surface area contributed by atoms with Gasteiger partial charge in [-0.05, 0) is 69.8 Å². The fraction of sp³-hybridized carbons (Fsp3) is 0.485. The first-order valence-corrected chi connectivity index (χ1v) is 15.3. The number of fused-ring (bicyclic) bond motifs is 3. The fourth-order valence-corrected chi connectivity index (χ4v) is 7.64.